The van der Waals surface area contributed by atoms with E-state index < -0.39 is 66.3 Å². The Hall–Kier alpha value is -7.05. The molecule has 0 amide bonds. The summed E-state index contributed by atoms with van der Waals surface area (Å²) in [5.74, 6) is -40.6. The average molecular weight is 1030 g/mol. The lowest BCUT2D eigenvalue weighted by molar-refractivity contribution is -0.440. The second-order valence-corrected chi connectivity index (χ2v) is 15.4. The van der Waals surface area contributed by atoms with Crippen molar-refractivity contribution in [1.82, 2.24) is 0 Å². The topological polar surface area (TPSA) is 130 Å². The summed E-state index contributed by atoms with van der Waals surface area (Å²) >= 11 is 0. The maximum Gasteiger partial charge on any atom is 0.460 e. The fraction of sp³-hybridized carbons (Fsp3) is 0.292. The van der Waals surface area contributed by atoms with Gasteiger partial charge in [-0.1, -0.05) is 60.7 Å². The first-order valence-corrected chi connectivity index (χ1v) is 21.0. The van der Waals surface area contributed by atoms with Gasteiger partial charge in [-0.25, -0.2) is 4.79 Å². The first kappa shape index (κ1) is 54.3. The van der Waals surface area contributed by atoms with Crippen molar-refractivity contribution in [2.24, 2.45) is 20.5 Å². The van der Waals surface area contributed by atoms with Crippen LogP contribution in [0.5, 0.6) is 11.5 Å². The molecule has 6 aromatic carbocycles. The van der Waals surface area contributed by atoms with Gasteiger partial charge in [-0.15, -0.1) is 10.2 Å². The van der Waals surface area contributed by atoms with Gasteiger partial charge in [0.1, 0.15) is 18.1 Å². The predicted molar refractivity (Wildman–Crippen MR) is 233 cm³/mol. The summed E-state index contributed by atoms with van der Waals surface area (Å²) in [6.45, 7) is 0.948. The highest BCUT2D eigenvalue weighted by atomic mass is 19.4. The number of azo groups is 2. The minimum absolute atomic E-state index is 0.0849. The molecule has 6 rings (SSSR count). The third kappa shape index (κ3) is 11.8. The van der Waals surface area contributed by atoms with E-state index in [9.17, 15) is 66.7 Å². The van der Waals surface area contributed by atoms with E-state index in [4.69, 9.17) is 23.7 Å². The molecule has 0 atom stereocenters. The molecular weight excluding hydrogens is 992 g/mol. The van der Waals surface area contributed by atoms with E-state index in [0.29, 0.717) is 41.4 Å². The van der Waals surface area contributed by atoms with Crippen LogP contribution in [0.15, 0.2) is 142 Å². The van der Waals surface area contributed by atoms with Crippen molar-refractivity contribution in [2.45, 2.75) is 48.6 Å². The Labute approximate surface area is 399 Å². The highest BCUT2D eigenvalue weighted by Gasteiger charge is 2.90. The second-order valence-electron chi connectivity index (χ2n) is 15.4. The lowest BCUT2D eigenvalue weighted by Gasteiger charge is -2.39. The van der Waals surface area contributed by atoms with Crippen molar-refractivity contribution in [3.63, 3.8) is 0 Å². The maximum absolute atomic E-state index is 14.3. The van der Waals surface area contributed by atoms with Crippen LogP contribution >= 0.6 is 0 Å². The third-order valence-corrected chi connectivity index (χ3v) is 10.4. The Morgan fingerprint density at radius 2 is 0.889 bits per heavy atom. The van der Waals surface area contributed by atoms with Crippen molar-refractivity contribution in [2.75, 3.05) is 40.1 Å². The minimum Gasteiger partial charge on any atom is -0.427 e. The number of rotatable bonds is 22. The molecule has 72 heavy (non-hydrogen) atoms. The maximum atomic E-state index is 14.3. The van der Waals surface area contributed by atoms with Gasteiger partial charge in [-0.3, -0.25) is 4.79 Å². The molecule has 0 bridgehead atoms. The number of esters is 2. The number of hydrogen-bond donors (Lipinski definition) is 0. The zero-order chi connectivity index (χ0) is 52.5. The quantitative estimate of drug-likeness (QED) is 0.0218. The summed E-state index contributed by atoms with van der Waals surface area (Å²) in [6.07, 6.45) is -12.2. The van der Waals surface area contributed by atoms with Gasteiger partial charge in [0.2, 0.25) is 0 Å². The van der Waals surface area contributed by atoms with Crippen LogP contribution in [-0.4, -0.2) is 87.9 Å². The first-order chi connectivity index (χ1) is 33.9. The lowest BCUT2D eigenvalue weighted by atomic mass is 9.91. The molecule has 0 aliphatic carbocycles. The predicted octanol–water partition coefficient (Wildman–Crippen LogP) is 14.5. The Morgan fingerprint density at radius 1 is 0.458 bits per heavy atom. The van der Waals surface area contributed by atoms with Crippen molar-refractivity contribution < 1.29 is 90.3 Å². The molecule has 24 heteroatoms. The third-order valence-electron chi connectivity index (χ3n) is 10.4. The van der Waals surface area contributed by atoms with Crippen LogP contribution in [0.1, 0.15) is 12.8 Å². The van der Waals surface area contributed by atoms with Crippen molar-refractivity contribution in [1.29, 1.82) is 0 Å². The average Bonchev–Trinajstić information content (AvgIpc) is 3.34. The van der Waals surface area contributed by atoms with Crippen LogP contribution in [0.3, 0.4) is 0 Å². The second kappa shape index (κ2) is 22.2. The van der Waals surface area contributed by atoms with Crippen LogP contribution < -0.4 is 9.47 Å². The smallest absolute Gasteiger partial charge is 0.427 e. The molecule has 0 unspecified atom stereocenters. The molecule has 0 saturated carbocycles. The molecule has 0 saturated heterocycles. The highest BCUT2D eigenvalue weighted by molar-refractivity contribution is 6.12. The first-order valence-electron chi connectivity index (χ1n) is 21.0. The minimum atomic E-state index is -8.05. The van der Waals surface area contributed by atoms with E-state index in [1.165, 1.54) is 24.3 Å². The van der Waals surface area contributed by atoms with Crippen LogP contribution in [0.2, 0.25) is 0 Å². The summed E-state index contributed by atoms with van der Waals surface area (Å²) in [5, 5.41) is 20.9. The lowest BCUT2D eigenvalue weighted by Crippen LogP contribution is -2.70. The number of halogens is 13. The van der Waals surface area contributed by atoms with Crippen molar-refractivity contribution >= 4 is 56.2 Å². The number of ether oxygens (including phenoxy) is 5. The zero-order valence-electron chi connectivity index (χ0n) is 37.1. The molecule has 382 valence electrons. The van der Waals surface area contributed by atoms with Crippen LogP contribution in [0.25, 0.3) is 32.7 Å². The van der Waals surface area contributed by atoms with E-state index in [-0.39, 0.29) is 31.3 Å². The molecule has 0 aliphatic heterocycles. The number of nitrogens with zero attached hydrogens (tertiary/aromatic N) is 4. The molecular formula is C48H37F13N4O7. The fourth-order valence-corrected chi connectivity index (χ4v) is 6.68. The van der Waals surface area contributed by atoms with E-state index in [1.807, 2.05) is 48.5 Å². The Balaban J connectivity index is 1.19. The van der Waals surface area contributed by atoms with Gasteiger partial charge in [-0.2, -0.15) is 67.3 Å². The van der Waals surface area contributed by atoms with E-state index in [2.05, 4.69) is 20.5 Å². The number of benzene rings is 6. The number of hydrogen-bond acceptors (Lipinski definition) is 11. The molecule has 11 nitrogen and oxygen atoms in total. The van der Waals surface area contributed by atoms with Gasteiger partial charge in [0.25, 0.3) is 0 Å². The van der Waals surface area contributed by atoms with Crippen molar-refractivity contribution in [3.8, 4) is 22.6 Å². The molecule has 0 aliphatic rings. The van der Waals surface area contributed by atoms with E-state index in [0.717, 1.165) is 33.7 Å². The van der Waals surface area contributed by atoms with Gasteiger partial charge in [-0.05, 0) is 82.2 Å². The van der Waals surface area contributed by atoms with Crippen LogP contribution in [0.4, 0.5) is 79.8 Å². The molecule has 0 aromatic heterocycles. The summed E-state index contributed by atoms with van der Waals surface area (Å²) in [7, 11) is 1.54. The standard InChI is InChI=1S/C48H37F13N4O7/c1-68-24-25-69-26-27-70-28-40(67)72-34-18-14-32(15-19-34)63-65-38-21-11-30-7-3-5-9-36(30)42(38)41-35-8-4-2-6-29(35)10-20-37(41)64-62-31-12-16-33(17-13-31)71-39(66)22-23-43(49,50)44(51,52)45(53,54)46(55,56)47(57,58)48(59,60)61/h2-21H,22-28H2,1H3. The summed E-state index contributed by atoms with van der Waals surface area (Å²) < 4.78 is 201. The number of methoxy groups -OCH3 is 1. The van der Waals surface area contributed by atoms with Crippen molar-refractivity contribution in [3.05, 3.63) is 121 Å². The van der Waals surface area contributed by atoms with Gasteiger partial charge in [0, 0.05) is 24.7 Å². The van der Waals surface area contributed by atoms with Gasteiger partial charge in [0.15, 0.2) is 0 Å². The van der Waals surface area contributed by atoms with E-state index >= 15 is 0 Å². The molecule has 0 heterocycles. The van der Waals surface area contributed by atoms with E-state index in [1.54, 1.807) is 43.5 Å². The molecule has 6 aromatic rings. The summed E-state index contributed by atoms with van der Waals surface area (Å²) in [6, 6.07) is 32.5. The number of carbonyl (C=O) groups excluding carboxylic acids is 2. The molecule has 0 fully saturated rings. The molecule has 0 N–H and O–H groups in total. The fourth-order valence-electron chi connectivity index (χ4n) is 6.68. The Kier molecular flexibility index (Phi) is 16.7. The number of fused-ring (bicyclic) bond motifs is 2. The largest absolute Gasteiger partial charge is 0.460 e. The van der Waals surface area contributed by atoms with Crippen LogP contribution in [0, 0.1) is 0 Å². The van der Waals surface area contributed by atoms with Crippen LogP contribution in [-0.2, 0) is 23.8 Å². The zero-order valence-corrected chi connectivity index (χ0v) is 37.1. The van der Waals surface area contributed by atoms with Gasteiger partial charge in [0.05, 0.1) is 55.6 Å². The monoisotopic (exact) mass is 1030 g/mol. The normalized spacial score (nSPS) is 13.1. The SMILES string of the molecule is COCCOCCOCC(=O)Oc1ccc(N=Nc2ccc3ccccc3c2-c2c(N=Nc3ccc(OC(=O)CCC(F)(F)C(F)(F)C(F)(F)C(F)(F)C(F)(F)C(F)(F)F)cc3)ccc3ccccc23)cc1. The number of carbonyl (C=O) groups is 2. The number of alkyl halides is 13. The van der Waals surface area contributed by atoms with Gasteiger partial charge >= 0.3 is 47.7 Å². The van der Waals surface area contributed by atoms with Gasteiger partial charge < -0.3 is 23.7 Å². The molecule has 0 radical (unpaired) electrons. The summed E-state index contributed by atoms with van der Waals surface area (Å²) in [5.41, 5.74) is 2.37. The Morgan fingerprint density at radius 3 is 1.36 bits per heavy atom. The Bertz CT molecular complexity index is 2920. The highest BCUT2D eigenvalue weighted by Crippen LogP contribution is 2.61. The summed E-state index contributed by atoms with van der Waals surface area (Å²) in [4.78, 5) is 24.6. The molecule has 0 spiro atoms.